The van der Waals surface area contributed by atoms with Gasteiger partial charge in [-0.15, -0.1) is 0 Å². The maximum Gasteiger partial charge on any atom is 0.112 e. The SMILES string of the molecule is Cc1cccc(Cc2[c]nc(C)[nH]2)c1. The fourth-order valence-corrected chi connectivity index (χ4v) is 1.54. The summed E-state index contributed by atoms with van der Waals surface area (Å²) < 4.78 is 0. The molecule has 0 fully saturated rings. The average molecular weight is 185 g/mol. The van der Waals surface area contributed by atoms with Crippen LogP contribution in [-0.2, 0) is 6.42 Å². The molecule has 1 N–H and O–H groups in total. The monoisotopic (exact) mass is 185 g/mol. The number of aromatic nitrogens is 2. The molecule has 0 aliphatic rings. The number of hydrogen-bond acceptors (Lipinski definition) is 1. The molecule has 0 atom stereocenters. The molecule has 2 heteroatoms. The molecule has 0 aliphatic carbocycles. The molecule has 14 heavy (non-hydrogen) atoms. The van der Waals surface area contributed by atoms with Crippen molar-refractivity contribution in [3.63, 3.8) is 0 Å². The minimum Gasteiger partial charge on any atom is -0.345 e. The lowest BCUT2D eigenvalue weighted by molar-refractivity contribution is 1.07. The van der Waals surface area contributed by atoms with Crippen LogP contribution in [0.25, 0.3) is 0 Å². The van der Waals surface area contributed by atoms with Gasteiger partial charge >= 0.3 is 0 Å². The predicted octanol–water partition coefficient (Wildman–Crippen LogP) is 2.42. The van der Waals surface area contributed by atoms with Crippen molar-refractivity contribution in [3.05, 3.63) is 53.1 Å². The Morgan fingerprint density at radius 2 is 2.21 bits per heavy atom. The second kappa shape index (κ2) is 3.66. The minimum absolute atomic E-state index is 0.878. The lowest BCUT2D eigenvalue weighted by Crippen LogP contribution is -1.89. The van der Waals surface area contributed by atoms with Crippen LogP contribution in [0.4, 0.5) is 0 Å². The van der Waals surface area contributed by atoms with Crippen molar-refractivity contribution >= 4 is 0 Å². The van der Waals surface area contributed by atoms with Crippen molar-refractivity contribution < 1.29 is 0 Å². The summed E-state index contributed by atoms with van der Waals surface area (Å²) in [6.07, 6.45) is 3.85. The molecule has 0 spiro atoms. The van der Waals surface area contributed by atoms with E-state index in [2.05, 4.69) is 47.4 Å². The zero-order valence-electron chi connectivity index (χ0n) is 8.46. The summed E-state index contributed by atoms with van der Waals surface area (Å²) in [6, 6.07) is 8.49. The number of imidazole rings is 1. The van der Waals surface area contributed by atoms with Gasteiger partial charge in [0.15, 0.2) is 0 Å². The molecule has 1 radical (unpaired) electrons. The molecule has 0 amide bonds. The minimum atomic E-state index is 0.878. The van der Waals surface area contributed by atoms with E-state index in [9.17, 15) is 0 Å². The van der Waals surface area contributed by atoms with Gasteiger partial charge in [0.25, 0.3) is 0 Å². The first-order valence-corrected chi connectivity index (χ1v) is 4.73. The van der Waals surface area contributed by atoms with Gasteiger partial charge in [-0.1, -0.05) is 29.8 Å². The van der Waals surface area contributed by atoms with Gasteiger partial charge < -0.3 is 4.98 Å². The van der Waals surface area contributed by atoms with Crippen molar-refractivity contribution in [1.29, 1.82) is 0 Å². The highest BCUT2D eigenvalue weighted by Crippen LogP contribution is 2.08. The molecule has 2 rings (SSSR count). The van der Waals surface area contributed by atoms with E-state index in [0.29, 0.717) is 0 Å². The molecule has 2 nitrogen and oxygen atoms in total. The number of aromatic amines is 1. The highest BCUT2D eigenvalue weighted by molar-refractivity contribution is 5.25. The molecular formula is C12H13N2. The topological polar surface area (TPSA) is 28.7 Å². The van der Waals surface area contributed by atoms with Crippen LogP contribution in [0.15, 0.2) is 24.3 Å². The quantitative estimate of drug-likeness (QED) is 0.764. The normalized spacial score (nSPS) is 10.4. The molecule has 0 aliphatic heterocycles. The number of hydrogen-bond donors (Lipinski definition) is 1. The van der Waals surface area contributed by atoms with Crippen molar-refractivity contribution in [2.45, 2.75) is 20.3 Å². The second-order valence-corrected chi connectivity index (χ2v) is 3.58. The van der Waals surface area contributed by atoms with E-state index in [4.69, 9.17) is 0 Å². The highest BCUT2D eigenvalue weighted by atomic mass is 14.9. The third-order valence-corrected chi connectivity index (χ3v) is 2.15. The Morgan fingerprint density at radius 3 is 2.86 bits per heavy atom. The van der Waals surface area contributed by atoms with Crippen molar-refractivity contribution in [2.24, 2.45) is 0 Å². The van der Waals surface area contributed by atoms with Gasteiger partial charge in [0, 0.05) is 12.1 Å². The fraction of sp³-hybridized carbons (Fsp3) is 0.250. The Bertz CT molecular complexity index is 429. The van der Waals surface area contributed by atoms with Crippen LogP contribution in [0, 0.1) is 20.0 Å². The van der Waals surface area contributed by atoms with Crippen LogP contribution in [-0.4, -0.2) is 9.97 Å². The Hall–Kier alpha value is -1.57. The van der Waals surface area contributed by atoms with E-state index in [-0.39, 0.29) is 0 Å². The third-order valence-electron chi connectivity index (χ3n) is 2.15. The third kappa shape index (κ3) is 2.02. The van der Waals surface area contributed by atoms with Crippen LogP contribution >= 0.6 is 0 Å². The lowest BCUT2D eigenvalue weighted by Gasteiger charge is -1.99. The molecule has 0 unspecified atom stereocenters. The summed E-state index contributed by atoms with van der Waals surface area (Å²) >= 11 is 0. The van der Waals surface area contributed by atoms with Crippen molar-refractivity contribution in [2.75, 3.05) is 0 Å². The van der Waals surface area contributed by atoms with Crippen LogP contribution in [0.1, 0.15) is 22.6 Å². The van der Waals surface area contributed by atoms with Gasteiger partial charge in [0.1, 0.15) is 12.0 Å². The van der Waals surface area contributed by atoms with Gasteiger partial charge in [-0.05, 0) is 19.4 Å². The molecule has 2 aromatic rings. The summed E-state index contributed by atoms with van der Waals surface area (Å²) in [5.74, 6) is 0.924. The first-order chi connectivity index (χ1) is 6.74. The van der Waals surface area contributed by atoms with Gasteiger partial charge in [0.05, 0.1) is 0 Å². The number of H-pyrrole nitrogens is 1. The van der Waals surface area contributed by atoms with E-state index in [1.807, 2.05) is 6.92 Å². The van der Waals surface area contributed by atoms with Crippen LogP contribution in [0.3, 0.4) is 0 Å². The number of rotatable bonds is 2. The van der Waals surface area contributed by atoms with Gasteiger partial charge in [-0.3, -0.25) is 0 Å². The summed E-state index contributed by atoms with van der Waals surface area (Å²) in [5.41, 5.74) is 3.64. The summed E-state index contributed by atoms with van der Waals surface area (Å²) in [5, 5.41) is 0. The zero-order valence-corrected chi connectivity index (χ0v) is 8.46. The number of benzene rings is 1. The van der Waals surface area contributed by atoms with Gasteiger partial charge in [-0.25, -0.2) is 4.98 Å². The zero-order chi connectivity index (χ0) is 9.97. The Balaban J connectivity index is 2.18. The average Bonchev–Trinajstić information content (AvgIpc) is 2.51. The first-order valence-electron chi connectivity index (χ1n) is 4.73. The standard InChI is InChI=1S/C12H13N2/c1-9-4-3-5-11(6-9)7-12-8-13-10(2)14-12/h3-6H,7H2,1-2H3,(H,13,14). The Kier molecular flexibility index (Phi) is 2.35. The predicted molar refractivity (Wildman–Crippen MR) is 56.1 cm³/mol. The highest BCUT2D eigenvalue weighted by Gasteiger charge is 1.99. The van der Waals surface area contributed by atoms with Crippen molar-refractivity contribution in [1.82, 2.24) is 9.97 Å². The first kappa shape index (κ1) is 9.00. The van der Waals surface area contributed by atoms with E-state index in [1.165, 1.54) is 11.1 Å². The smallest absolute Gasteiger partial charge is 0.112 e. The second-order valence-electron chi connectivity index (χ2n) is 3.58. The molecule has 0 saturated carbocycles. The molecule has 1 heterocycles. The largest absolute Gasteiger partial charge is 0.345 e. The molecule has 1 aromatic heterocycles. The summed E-state index contributed by atoms with van der Waals surface area (Å²) in [4.78, 5) is 7.23. The fourth-order valence-electron chi connectivity index (χ4n) is 1.54. The van der Waals surface area contributed by atoms with E-state index >= 15 is 0 Å². The summed E-state index contributed by atoms with van der Waals surface area (Å²) in [7, 11) is 0. The molecule has 71 valence electrons. The molecule has 0 saturated heterocycles. The molecule has 1 aromatic carbocycles. The maximum absolute atomic E-state index is 4.05. The number of nitrogens with one attached hydrogen (secondary N) is 1. The van der Waals surface area contributed by atoms with Crippen LogP contribution in [0.2, 0.25) is 0 Å². The summed E-state index contributed by atoms with van der Waals surface area (Å²) in [6.45, 7) is 4.04. The molecule has 0 bridgehead atoms. The van der Waals surface area contributed by atoms with Gasteiger partial charge in [0.2, 0.25) is 0 Å². The van der Waals surface area contributed by atoms with E-state index in [1.54, 1.807) is 0 Å². The number of nitrogens with zero attached hydrogens (tertiary/aromatic N) is 1. The van der Waals surface area contributed by atoms with Crippen LogP contribution in [0.5, 0.6) is 0 Å². The Morgan fingerprint density at radius 1 is 1.36 bits per heavy atom. The Labute approximate surface area is 84.0 Å². The van der Waals surface area contributed by atoms with E-state index < -0.39 is 0 Å². The number of aryl methyl sites for hydroxylation is 2. The maximum atomic E-state index is 4.05. The van der Waals surface area contributed by atoms with Crippen LogP contribution < -0.4 is 0 Å². The van der Waals surface area contributed by atoms with Crippen molar-refractivity contribution in [3.8, 4) is 0 Å². The molecular weight excluding hydrogens is 172 g/mol. The lowest BCUT2D eigenvalue weighted by atomic mass is 10.1. The van der Waals surface area contributed by atoms with Gasteiger partial charge in [-0.2, -0.15) is 0 Å². The van der Waals surface area contributed by atoms with E-state index in [0.717, 1.165) is 17.9 Å².